The maximum absolute atomic E-state index is 13.2. The van der Waals surface area contributed by atoms with Crippen molar-refractivity contribution in [2.75, 3.05) is 12.3 Å². The Balaban J connectivity index is 1.90. The number of nitrogens with one attached hydrogen (secondary N) is 1. The van der Waals surface area contributed by atoms with Crippen molar-refractivity contribution in [2.24, 2.45) is 0 Å². The zero-order chi connectivity index (χ0) is 22.4. The maximum Gasteiger partial charge on any atom is 0.416 e. The van der Waals surface area contributed by atoms with Crippen molar-refractivity contribution in [3.8, 4) is 5.69 Å². The van der Waals surface area contributed by atoms with Gasteiger partial charge in [0.1, 0.15) is 5.82 Å². The van der Waals surface area contributed by atoms with Gasteiger partial charge in [0.25, 0.3) is 0 Å². The van der Waals surface area contributed by atoms with Gasteiger partial charge < -0.3 is 5.32 Å². The number of ketones is 1. The molecule has 0 atom stereocenters. The Morgan fingerprint density at radius 3 is 2.48 bits per heavy atom. The molecule has 0 aliphatic carbocycles. The number of carbonyl (C=O) groups excluding carboxylic acids is 2. The van der Waals surface area contributed by atoms with E-state index < -0.39 is 11.7 Å². The van der Waals surface area contributed by atoms with Crippen molar-refractivity contribution in [1.82, 2.24) is 20.1 Å². The van der Waals surface area contributed by atoms with Crippen LogP contribution in [0.25, 0.3) is 5.69 Å². The predicted octanol–water partition coefficient (Wildman–Crippen LogP) is 3.94. The standard InChI is InChI=1S/C21H19F3N4O2S/c1-14(29)25-11-10-19-26-27-20(31-13-18(30)15-6-3-2-4-7-15)28(19)17-9-5-8-16(12-17)21(22,23)24/h2-9,12H,10-11,13H2,1H3,(H,25,29). The van der Waals surface area contributed by atoms with E-state index in [-0.39, 0.29) is 36.1 Å². The number of hydrogen-bond acceptors (Lipinski definition) is 5. The van der Waals surface area contributed by atoms with E-state index in [0.717, 1.165) is 23.9 Å². The fourth-order valence-electron chi connectivity index (χ4n) is 2.82. The first-order chi connectivity index (χ1) is 14.8. The number of carbonyl (C=O) groups is 2. The molecule has 1 N–H and O–H groups in total. The minimum Gasteiger partial charge on any atom is -0.356 e. The molecule has 31 heavy (non-hydrogen) atoms. The SMILES string of the molecule is CC(=O)NCCc1nnc(SCC(=O)c2ccccc2)n1-c1cccc(C(F)(F)F)c1. The molecule has 2 aromatic carbocycles. The summed E-state index contributed by atoms with van der Waals surface area (Å²) in [6, 6.07) is 13.5. The van der Waals surface area contributed by atoms with Crippen LogP contribution in [0.1, 0.15) is 28.7 Å². The highest BCUT2D eigenvalue weighted by Crippen LogP contribution is 2.31. The fourth-order valence-corrected chi connectivity index (χ4v) is 3.69. The average molecular weight is 448 g/mol. The monoisotopic (exact) mass is 448 g/mol. The number of thioether (sulfide) groups is 1. The summed E-state index contributed by atoms with van der Waals surface area (Å²) >= 11 is 1.09. The smallest absolute Gasteiger partial charge is 0.356 e. The molecule has 1 heterocycles. The molecule has 3 rings (SSSR count). The zero-order valence-electron chi connectivity index (χ0n) is 16.5. The van der Waals surface area contributed by atoms with Crippen LogP contribution >= 0.6 is 11.8 Å². The number of halogens is 3. The summed E-state index contributed by atoms with van der Waals surface area (Å²) < 4.78 is 41.1. The molecule has 1 amide bonds. The summed E-state index contributed by atoms with van der Waals surface area (Å²) in [5.41, 5.74) is -0.0406. The number of nitrogens with zero attached hydrogens (tertiary/aromatic N) is 3. The molecule has 0 radical (unpaired) electrons. The Bertz CT molecular complexity index is 1070. The molecule has 0 aliphatic rings. The van der Waals surface area contributed by atoms with Crippen LogP contribution in [0.5, 0.6) is 0 Å². The lowest BCUT2D eigenvalue weighted by Crippen LogP contribution is -2.23. The van der Waals surface area contributed by atoms with Crippen LogP contribution < -0.4 is 5.32 Å². The van der Waals surface area contributed by atoms with E-state index in [1.165, 1.54) is 23.6 Å². The van der Waals surface area contributed by atoms with Gasteiger partial charge in [0.15, 0.2) is 10.9 Å². The third-order valence-corrected chi connectivity index (χ3v) is 5.21. The number of aromatic nitrogens is 3. The third-order valence-electron chi connectivity index (χ3n) is 4.28. The third kappa shape index (κ3) is 5.94. The van der Waals surface area contributed by atoms with Gasteiger partial charge in [-0.1, -0.05) is 48.2 Å². The van der Waals surface area contributed by atoms with Crippen molar-refractivity contribution in [2.45, 2.75) is 24.7 Å². The molecule has 0 bridgehead atoms. The van der Waals surface area contributed by atoms with E-state index in [9.17, 15) is 22.8 Å². The summed E-state index contributed by atoms with van der Waals surface area (Å²) in [4.78, 5) is 23.6. The molecule has 0 aliphatic heterocycles. The van der Waals surface area contributed by atoms with Gasteiger partial charge in [-0.2, -0.15) is 13.2 Å². The van der Waals surface area contributed by atoms with Crippen LogP contribution in [0.15, 0.2) is 59.8 Å². The van der Waals surface area contributed by atoms with Crippen molar-refractivity contribution >= 4 is 23.5 Å². The van der Waals surface area contributed by atoms with E-state index in [0.29, 0.717) is 16.5 Å². The number of hydrogen-bond donors (Lipinski definition) is 1. The van der Waals surface area contributed by atoms with Crippen molar-refractivity contribution in [1.29, 1.82) is 0 Å². The van der Waals surface area contributed by atoms with E-state index in [4.69, 9.17) is 0 Å². The first kappa shape index (κ1) is 22.5. The van der Waals surface area contributed by atoms with E-state index >= 15 is 0 Å². The second-order valence-electron chi connectivity index (χ2n) is 6.59. The molecule has 10 heteroatoms. The summed E-state index contributed by atoms with van der Waals surface area (Å²) in [5.74, 6) is 0.0622. The van der Waals surface area contributed by atoms with Crippen LogP contribution in [0, 0.1) is 0 Å². The Morgan fingerprint density at radius 2 is 1.81 bits per heavy atom. The number of benzene rings is 2. The van der Waals surface area contributed by atoms with Crippen molar-refractivity contribution in [3.05, 3.63) is 71.5 Å². The van der Waals surface area contributed by atoms with Crippen LogP contribution in [0.2, 0.25) is 0 Å². The van der Waals surface area contributed by atoms with Gasteiger partial charge in [0.2, 0.25) is 5.91 Å². The van der Waals surface area contributed by atoms with Gasteiger partial charge in [-0.15, -0.1) is 10.2 Å². The lowest BCUT2D eigenvalue weighted by Gasteiger charge is -2.13. The van der Waals surface area contributed by atoms with Crippen LogP contribution in [0.4, 0.5) is 13.2 Å². The number of amides is 1. The maximum atomic E-state index is 13.2. The average Bonchev–Trinajstić information content (AvgIpc) is 3.14. The molecule has 1 aromatic heterocycles. The number of alkyl halides is 3. The van der Waals surface area contributed by atoms with Gasteiger partial charge in [-0.25, -0.2) is 0 Å². The van der Waals surface area contributed by atoms with Gasteiger partial charge in [-0.3, -0.25) is 14.2 Å². The summed E-state index contributed by atoms with van der Waals surface area (Å²) in [6.45, 7) is 1.62. The van der Waals surface area contributed by atoms with E-state index in [2.05, 4.69) is 15.5 Å². The Kier molecular flexibility index (Phi) is 7.11. The highest BCUT2D eigenvalue weighted by molar-refractivity contribution is 7.99. The lowest BCUT2D eigenvalue weighted by atomic mass is 10.2. The quantitative estimate of drug-likeness (QED) is 0.417. The molecule has 6 nitrogen and oxygen atoms in total. The highest BCUT2D eigenvalue weighted by Gasteiger charge is 2.31. The summed E-state index contributed by atoms with van der Waals surface area (Å²) in [5, 5.41) is 11.1. The van der Waals surface area contributed by atoms with Gasteiger partial charge in [0, 0.05) is 31.1 Å². The molecule has 162 valence electrons. The van der Waals surface area contributed by atoms with Gasteiger partial charge in [-0.05, 0) is 18.2 Å². The number of rotatable bonds is 8. The van der Waals surface area contributed by atoms with E-state index in [1.54, 1.807) is 30.3 Å². The molecule has 0 saturated carbocycles. The van der Waals surface area contributed by atoms with Crippen molar-refractivity contribution in [3.63, 3.8) is 0 Å². The zero-order valence-corrected chi connectivity index (χ0v) is 17.3. The molecule has 3 aromatic rings. The second kappa shape index (κ2) is 9.78. The Morgan fingerprint density at radius 1 is 1.06 bits per heavy atom. The van der Waals surface area contributed by atoms with Gasteiger partial charge >= 0.3 is 6.18 Å². The normalized spacial score (nSPS) is 11.4. The Hall–Kier alpha value is -3.14. The van der Waals surface area contributed by atoms with E-state index in [1.807, 2.05) is 0 Å². The molecule has 0 spiro atoms. The molecule has 0 unspecified atom stereocenters. The largest absolute Gasteiger partial charge is 0.416 e. The minimum atomic E-state index is -4.50. The first-order valence-electron chi connectivity index (χ1n) is 9.33. The Labute approximate surface area is 180 Å². The summed E-state index contributed by atoms with van der Waals surface area (Å²) in [6.07, 6.45) is -4.24. The minimum absolute atomic E-state index is 0.0484. The fraction of sp³-hybridized carbons (Fsp3) is 0.238. The van der Waals surface area contributed by atoms with Crippen LogP contribution in [-0.2, 0) is 17.4 Å². The molecule has 0 saturated heterocycles. The molecular formula is C21H19F3N4O2S. The number of Topliss-reactive ketones (excluding diaryl/α,β-unsaturated/α-hetero) is 1. The second-order valence-corrected chi connectivity index (χ2v) is 7.54. The van der Waals surface area contributed by atoms with Crippen LogP contribution in [0.3, 0.4) is 0 Å². The molecular weight excluding hydrogens is 429 g/mol. The predicted molar refractivity (Wildman–Crippen MR) is 110 cm³/mol. The van der Waals surface area contributed by atoms with Crippen molar-refractivity contribution < 1.29 is 22.8 Å². The molecule has 0 fully saturated rings. The van der Waals surface area contributed by atoms with Gasteiger partial charge in [0.05, 0.1) is 11.3 Å². The topological polar surface area (TPSA) is 76.9 Å². The first-order valence-corrected chi connectivity index (χ1v) is 10.3. The lowest BCUT2D eigenvalue weighted by molar-refractivity contribution is -0.137. The highest BCUT2D eigenvalue weighted by atomic mass is 32.2. The summed E-state index contributed by atoms with van der Waals surface area (Å²) in [7, 11) is 0. The van der Waals surface area contributed by atoms with Crippen LogP contribution in [-0.4, -0.2) is 38.8 Å².